The van der Waals surface area contributed by atoms with E-state index in [9.17, 15) is 4.79 Å². The number of morpholine rings is 1. The number of nitrogens with one attached hydrogen (secondary N) is 1. The first-order chi connectivity index (χ1) is 13.7. The summed E-state index contributed by atoms with van der Waals surface area (Å²) in [4.78, 5) is 15.2. The Morgan fingerprint density at radius 2 is 1.79 bits per heavy atom. The molecule has 1 heterocycles. The van der Waals surface area contributed by atoms with Gasteiger partial charge in [0, 0.05) is 25.2 Å². The van der Waals surface area contributed by atoms with Gasteiger partial charge in [-0.2, -0.15) is 0 Å². The van der Waals surface area contributed by atoms with Gasteiger partial charge in [0.05, 0.1) is 19.3 Å². The molecule has 1 unspecified atom stereocenters. The van der Waals surface area contributed by atoms with E-state index in [1.807, 2.05) is 36.4 Å². The normalized spacial score (nSPS) is 16.0. The van der Waals surface area contributed by atoms with Crippen LogP contribution in [0.2, 0.25) is 0 Å². The van der Waals surface area contributed by atoms with Crippen molar-refractivity contribution in [3.05, 3.63) is 83.4 Å². The molecular weight excluding hydrogens is 348 g/mol. The maximum absolute atomic E-state index is 12.8. The number of aryl methyl sites for hydroxylation is 1. The lowest BCUT2D eigenvalue weighted by molar-refractivity contribution is 0.0162. The van der Waals surface area contributed by atoms with Gasteiger partial charge in [0.2, 0.25) is 0 Å². The standard InChI is InChI=1S/C24H26N2O2/c1-18-5-4-8-21(15-18)23(26-11-13-28-14-12-26)17-25-24(27)22-10-9-19-6-2-3-7-20(19)16-22/h2-10,15-16,23H,11-14,17H2,1H3,(H,25,27). The van der Waals surface area contributed by atoms with Crippen LogP contribution in [0.25, 0.3) is 10.8 Å². The van der Waals surface area contributed by atoms with E-state index in [2.05, 4.69) is 47.5 Å². The topological polar surface area (TPSA) is 41.6 Å². The Kier molecular flexibility index (Phi) is 5.70. The summed E-state index contributed by atoms with van der Waals surface area (Å²) in [6.07, 6.45) is 0. The molecule has 1 fully saturated rings. The Morgan fingerprint density at radius 1 is 1.00 bits per heavy atom. The Bertz CT molecular complexity index is 963. The number of ether oxygens (including phenoxy) is 1. The fourth-order valence-electron chi connectivity index (χ4n) is 3.85. The molecule has 0 spiro atoms. The van der Waals surface area contributed by atoms with Crippen LogP contribution in [0.1, 0.15) is 27.5 Å². The zero-order chi connectivity index (χ0) is 19.3. The Hall–Kier alpha value is -2.69. The summed E-state index contributed by atoms with van der Waals surface area (Å²) in [6.45, 7) is 5.92. The molecule has 0 aliphatic carbocycles. The number of benzene rings is 3. The molecule has 1 atom stereocenters. The van der Waals surface area contributed by atoms with Gasteiger partial charge in [-0.05, 0) is 35.4 Å². The minimum Gasteiger partial charge on any atom is -0.379 e. The average molecular weight is 374 g/mol. The van der Waals surface area contributed by atoms with E-state index >= 15 is 0 Å². The van der Waals surface area contributed by atoms with E-state index in [1.165, 1.54) is 11.1 Å². The summed E-state index contributed by atoms with van der Waals surface area (Å²) >= 11 is 0. The number of hydrogen-bond acceptors (Lipinski definition) is 3. The predicted octanol–water partition coefficient (Wildman–Crippen LogP) is 3.95. The molecule has 1 aliphatic rings. The zero-order valence-electron chi connectivity index (χ0n) is 16.2. The predicted molar refractivity (Wildman–Crippen MR) is 113 cm³/mol. The van der Waals surface area contributed by atoms with Crippen LogP contribution in [0.15, 0.2) is 66.7 Å². The molecule has 4 rings (SSSR count). The highest BCUT2D eigenvalue weighted by Crippen LogP contribution is 2.23. The van der Waals surface area contributed by atoms with E-state index in [-0.39, 0.29) is 11.9 Å². The summed E-state index contributed by atoms with van der Waals surface area (Å²) < 4.78 is 5.52. The highest BCUT2D eigenvalue weighted by atomic mass is 16.5. The molecule has 0 aromatic heterocycles. The van der Waals surface area contributed by atoms with Crippen molar-refractivity contribution in [3.8, 4) is 0 Å². The van der Waals surface area contributed by atoms with Gasteiger partial charge in [-0.15, -0.1) is 0 Å². The van der Waals surface area contributed by atoms with Crippen LogP contribution in [0, 0.1) is 6.92 Å². The molecule has 1 aliphatic heterocycles. The van der Waals surface area contributed by atoms with Crippen LogP contribution in [0.5, 0.6) is 0 Å². The van der Waals surface area contributed by atoms with E-state index in [0.717, 1.165) is 37.1 Å². The molecule has 0 saturated carbocycles. The lowest BCUT2D eigenvalue weighted by atomic mass is 10.0. The molecular formula is C24H26N2O2. The van der Waals surface area contributed by atoms with E-state index in [4.69, 9.17) is 4.74 Å². The largest absolute Gasteiger partial charge is 0.379 e. The van der Waals surface area contributed by atoms with Gasteiger partial charge < -0.3 is 10.1 Å². The third-order valence-electron chi connectivity index (χ3n) is 5.38. The number of fused-ring (bicyclic) bond motifs is 1. The Balaban J connectivity index is 1.51. The van der Waals surface area contributed by atoms with Gasteiger partial charge in [-0.25, -0.2) is 0 Å². The van der Waals surface area contributed by atoms with E-state index in [1.54, 1.807) is 0 Å². The van der Waals surface area contributed by atoms with Crippen molar-refractivity contribution in [2.45, 2.75) is 13.0 Å². The monoisotopic (exact) mass is 374 g/mol. The van der Waals surface area contributed by atoms with E-state index < -0.39 is 0 Å². The van der Waals surface area contributed by atoms with Crippen LogP contribution in [-0.2, 0) is 4.74 Å². The maximum Gasteiger partial charge on any atom is 0.251 e. The summed E-state index contributed by atoms with van der Waals surface area (Å²) in [7, 11) is 0. The Labute approximate surface area is 166 Å². The highest BCUT2D eigenvalue weighted by Gasteiger charge is 2.23. The number of carbonyl (C=O) groups excluding carboxylic acids is 1. The van der Waals surface area contributed by atoms with E-state index in [0.29, 0.717) is 12.1 Å². The van der Waals surface area contributed by atoms with Crippen molar-refractivity contribution in [2.75, 3.05) is 32.8 Å². The third kappa shape index (κ3) is 4.24. The van der Waals surface area contributed by atoms with Crippen molar-refractivity contribution in [2.24, 2.45) is 0 Å². The average Bonchev–Trinajstić information content (AvgIpc) is 2.74. The highest BCUT2D eigenvalue weighted by molar-refractivity contribution is 5.98. The third-order valence-corrected chi connectivity index (χ3v) is 5.38. The van der Waals surface area contributed by atoms with Gasteiger partial charge in [-0.3, -0.25) is 9.69 Å². The van der Waals surface area contributed by atoms with Gasteiger partial charge in [0.15, 0.2) is 0 Å². The van der Waals surface area contributed by atoms with Crippen molar-refractivity contribution >= 4 is 16.7 Å². The van der Waals surface area contributed by atoms with Crippen LogP contribution >= 0.6 is 0 Å². The van der Waals surface area contributed by atoms with Gasteiger partial charge in [-0.1, -0.05) is 60.2 Å². The number of hydrogen-bond donors (Lipinski definition) is 1. The summed E-state index contributed by atoms with van der Waals surface area (Å²) in [5.74, 6) is -0.0309. The fraction of sp³-hybridized carbons (Fsp3) is 0.292. The molecule has 3 aromatic rings. The van der Waals surface area contributed by atoms with Crippen LogP contribution in [0.4, 0.5) is 0 Å². The van der Waals surface area contributed by atoms with Crippen molar-refractivity contribution < 1.29 is 9.53 Å². The molecule has 28 heavy (non-hydrogen) atoms. The fourth-order valence-corrected chi connectivity index (χ4v) is 3.85. The number of rotatable bonds is 5. The zero-order valence-corrected chi connectivity index (χ0v) is 16.2. The first-order valence-corrected chi connectivity index (χ1v) is 9.86. The quantitative estimate of drug-likeness (QED) is 0.735. The van der Waals surface area contributed by atoms with Gasteiger partial charge >= 0.3 is 0 Å². The molecule has 3 aromatic carbocycles. The van der Waals surface area contributed by atoms with Crippen molar-refractivity contribution in [1.29, 1.82) is 0 Å². The first-order valence-electron chi connectivity index (χ1n) is 9.86. The second kappa shape index (κ2) is 8.55. The number of nitrogens with zero attached hydrogens (tertiary/aromatic N) is 1. The van der Waals surface area contributed by atoms with Crippen molar-refractivity contribution in [1.82, 2.24) is 10.2 Å². The molecule has 1 amide bonds. The van der Waals surface area contributed by atoms with Crippen molar-refractivity contribution in [3.63, 3.8) is 0 Å². The molecule has 1 N–H and O–H groups in total. The number of carbonyl (C=O) groups is 1. The minimum atomic E-state index is -0.0309. The van der Waals surface area contributed by atoms with Crippen LogP contribution in [-0.4, -0.2) is 43.7 Å². The first kappa shape index (κ1) is 18.7. The summed E-state index contributed by atoms with van der Waals surface area (Å²) in [6, 6.07) is 22.7. The molecule has 1 saturated heterocycles. The maximum atomic E-state index is 12.8. The molecule has 4 nitrogen and oxygen atoms in total. The lowest BCUT2D eigenvalue weighted by Crippen LogP contribution is -2.43. The summed E-state index contributed by atoms with van der Waals surface area (Å²) in [5, 5.41) is 5.38. The van der Waals surface area contributed by atoms with Crippen LogP contribution < -0.4 is 5.32 Å². The molecule has 0 bridgehead atoms. The SMILES string of the molecule is Cc1cccc(C(CNC(=O)c2ccc3ccccc3c2)N2CCOCC2)c1. The lowest BCUT2D eigenvalue weighted by Gasteiger charge is -2.35. The second-order valence-electron chi connectivity index (χ2n) is 7.35. The summed E-state index contributed by atoms with van der Waals surface area (Å²) in [5.41, 5.74) is 3.17. The Morgan fingerprint density at radius 3 is 2.57 bits per heavy atom. The smallest absolute Gasteiger partial charge is 0.251 e. The van der Waals surface area contributed by atoms with Crippen LogP contribution in [0.3, 0.4) is 0 Å². The molecule has 0 radical (unpaired) electrons. The molecule has 4 heteroatoms. The van der Waals surface area contributed by atoms with Gasteiger partial charge in [0.25, 0.3) is 5.91 Å². The van der Waals surface area contributed by atoms with Gasteiger partial charge in [0.1, 0.15) is 0 Å². The minimum absolute atomic E-state index is 0.0309. The number of amides is 1. The second-order valence-corrected chi connectivity index (χ2v) is 7.35. The molecule has 144 valence electrons.